The molecule has 3 N–H and O–H groups in total. The summed E-state index contributed by atoms with van der Waals surface area (Å²) in [5.41, 5.74) is 5.98. The summed E-state index contributed by atoms with van der Waals surface area (Å²) in [6, 6.07) is 3.82. The third-order valence-electron chi connectivity index (χ3n) is 2.67. The van der Waals surface area contributed by atoms with E-state index in [-0.39, 0.29) is 12.6 Å². The van der Waals surface area contributed by atoms with Crippen LogP contribution in [0, 0.1) is 0 Å². The second-order valence-electron chi connectivity index (χ2n) is 4.03. The second-order valence-corrected chi connectivity index (χ2v) is 4.03. The van der Waals surface area contributed by atoms with Crippen LogP contribution in [0.4, 0.5) is 18.9 Å². The van der Waals surface area contributed by atoms with Gasteiger partial charge in [0.05, 0.1) is 5.56 Å². The summed E-state index contributed by atoms with van der Waals surface area (Å²) in [6.07, 6.45) is -3.43. The number of halogens is 3. The Balaban J connectivity index is 3.01. The number of anilines is 1. The predicted molar refractivity (Wildman–Crippen MR) is 62.7 cm³/mol. The van der Waals surface area contributed by atoms with Gasteiger partial charge in [-0.25, -0.2) is 0 Å². The number of hydrogen-bond acceptors (Lipinski definition) is 2. The van der Waals surface area contributed by atoms with E-state index in [0.29, 0.717) is 11.3 Å². The Hall–Kier alpha value is -1.23. The minimum atomic E-state index is -4.32. The number of alkyl halides is 3. The first-order chi connectivity index (χ1) is 7.88. The highest BCUT2D eigenvalue weighted by atomic mass is 19.4. The summed E-state index contributed by atoms with van der Waals surface area (Å²) in [7, 11) is 0. The smallest absolute Gasteiger partial charge is 0.382 e. The summed E-state index contributed by atoms with van der Waals surface area (Å²) in [5, 5.41) is 3.14. The summed E-state index contributed by atoms with van der Waals surface area (Å²) < 4.78 is 37.5. The highest BCUT2D eigenvalue weighted by Crippen LogP contribution is 2.31. The van der Waals surface area contributed by atoms with Crippen molar-refractivity contribution in [2.75, 3.05) is 5.32 Å². The molecule has 1 atom stereocenters. The van der Waals surface area contributed by atoms with E-state index in [2.05, 4.69) is 5.32 Å². The van der Waals surface area contributed by atoms with Crippen LogP contribution in [0.15, 0.2) is 18.2 Å². The van der Waals surface area contributed by atoms with Crippen molar-refractivity contribution in [3.63, 3.8) is 0 Å². The molecule has 0 spiro atoms. The lowest BCUT2D eigenvalue weighted by atomic mass is 10.1. The lowest BCUT2D eigenvalue weighted by Crippen LogP contribution is -2.16. The number of benzene rings is 1. The van der Waals surface area contributed by atoms with E-state index in [4.69, 9.17) is 5.73 Å². The largest absolute Gasteiger partial charge is 0.416 e. The summed E-state index contributed by atoms with van der Waals surface area (Å²) in [6.45, 7) is 4.06. The van der Waals surface area contributed by atoms with E-state index in [0.717, 1.165) is 18.6 Å². The van der Waals surface area contributed by atoms with E-state index < -0.39 is 11.7 Å². The molecule has 0 aliphatic rings. The fourth-order valence-corrected chi connectivity index (χ4v) is 1.45. The van der Waals surface area contributed by atoms with Crippen LogP contribution >= 0.6 is 0 Å². The minimum Gasteiger partial charge on any atom is -0.382 e. The van der Waals surface area contributed by atoms with Gasteiger partial charge in [-0.15, -0.1) is 0 Å². The van der Waals surface area contributed by atoms with Crippen molar-refractivity contribution in [1.29, 1.82) is 0 Å². The fraction of sp³-hybridized carbons (Fsp3) is 0.500. The van der Waals surface area contributed by atoms with Gasteiger partial charge in [-0.2, -0.15) is 13.2 Å². The second kappa shape index (κ2) is 5.40. The van der Waals surface area contributed by atoms with E-state index >= 15 is 0 Å². The van der Waals surface area contributed by atoms with Crippen LogP contribution in [0.2, 0.25) is 0 Å². The first kappa shape index (κ1) is 13.8. The summed E-state index contributed by atoms with van der Waals surface area (Å²) >= 11 is 0. The molecule has 2 nitrogen and oxygen atoms in total. The Kier molecular flexibility index (Phi) is 4.40. The Morgan fingerprint density at radius 2 is 2.00 bits per heavy atom. The molecule has 1 rings (SSSR count). The quantitative estimate of drug-likeness (QED) is 0.854. The first-order valence-electron chi connectivity index (χ1n) is 5.55. The number of rotatable bonds is 4. The van der Waals surface area contributed by atoms with E-state index in [1.807, 2.05) is 13.8 Å². The molecule has 0 fully saturated rings. The molecule has 5 heteroatoms. The normalized spacial score (nSPS) is 13.5. The average Bonchev–Trinajstić information content (AvgIpc) is 2.27. The molecule has 0 saturated heterocycles. The Morgan fingerprint density at radius 1 is 1.35 bits per heavy atom. The molecule has 0 saturated carbocycles. The highest BCUT2D eigenvalue weighted by molar-refractivity contribution is 5.53. The predicted octanol–water partition coefficient (Wildman–Crippen LogP) is 3.37. The SMILES string of the molecule is CCC(C)Nc1ccc(C(F)(F)F)cc1CN. The standard InChI is InChI=1S/C12H17F3N2/c1-3-8(2)17-11-5-4-10(12(13,14)15)6-9(11)7-16/h4-6,8,17H,3,7,16H2,1-2H3. The maximum atomic E-state index is 12.5. The fourth-order valence-electron chi connectivity index (χ4n) is 1.45. The van der Waals surface area contributed by atoms with E-state index in [1.54, 1.807) is 0 Å². The Bertz CT molecular complexity index is 375. The lowest BCUT2D eigenvalue weighted by molar-refractivity contribution is -0.137. The Morgan fingerprint density at radius 3 is 2.47 bits per heavy atom. The van der Waals surface area contributed by atoms with Gasteiger partial charge in [-0.3, -0.25) is 0 Å². The molecule has 0 aliphatic heterocycles. The van der Waals surface area contributed by atoms with Crippen molar-refractivity contribution in [1.82, 2.24) is 0 Å². The molecule has 17 heavy (non-hydrogen) atoms. The highest BCUT2D eigenvalue weighted by Gasteiger charge is 2.30. The zero-order valence-electron chi connectivity index (χ0n) is 9.93. The van der Waals surface area contributed by atoms with Crippen LogP contribution in [-0.4, -0.2) is 6.04 Å². The van der Waals surface area contributed by atoms with Crippen LogP contribution in [0.1, 0.15) is 31.4 Å². The molecule has 0 amide bonds. The van der Waals surface area contributed by atoms with Crippen molar-refractivity contribution in [2.24, 2.45) is 5.73 Å². The lowest BCUT2D eigenvalue weighted by Gasteiger charge is -2.17. The van der Waals surface area contributed by atoms with E-state index in [1.165, 1.54) is 6.07 Å². The van der Waals surface area contributed by atoms with Crippen molar-refractivity contribution in [3.05, 3.63) is 29.3 Å². The maximum Gasteiger partial charge on any atom is 0.416 e. The zero-order valence-corrected chi connectivity index (χ0v) is 9.93. The number of hydrogen-bond donors (Lipinski definition) is 2. The monoisotopic (exact) mass is 246 g/mol. The van der Waals surface area contributed by atoms with E-state index in [9.17, 15) is 13.2 Å². The van der Waals surface area contributed by atoms with Crippen molar-refractivity contribution in [2.45, 2.75) is 39.0 Å². The minimum absolute atomic E-state index is 0.0860. The van der Waals surface area contributed by atoms with Crippen molar-refractivity contribution < 1.29 is 13.2 Å². The molecule has 1 aromatic rings. The van der Waals surface area contributed by atoms with Gasteiger partial charge < -0.3 is 11.1 Å². The number of nitrogens with one attached hydrogen (secondary N) is 1. The molecule has 96 valence electrons. The van der Waals surface area contributed by atoms with Crippen LogP contribution < -0.4 is 11.1 Å². The van der Waals surface area contributed by atoms with Gasteiger partial charge in [0.25, 0.3) is 0 Å². The molecule has 1 unspecified atom stereocenters. The molecule has 1 aromatic carbocycles. The van der Waals surface area contributed by atoms with Crippen LogP contribution in [0.5, 0.6) is 0 Å². The van der Waals surface area contributed by atoms with Crippen molar-refractivity contribution in [3.8, 4) is 0 Å². The van der Waals surface area contributed by atoms with Gasteiger partial charge in [-0.05, 0) is 37.1 Å². The van der Waals surface area contributed by atoms with Gasteiger partial charge in [0.2, 0.25) is 0 Å². The molecule has 0 aliphatic carbocycles. The molecular formula is C12H17F3N2. The van der Waals surface area contributed by atoms with Crippen molar-refractivity contribution >= 4 is 5.69 Å². The third-order valence-corrected chi connectivity index (χ3v) is 2.67. The molecule has 0 radical (unpaired) electrons. The Labute approximate surface area is 99.0 Å². The molecular weight excluding hydrogens is 229 g/mol. The van der Waals surface area contributed by atoms with Crippen LogP contribution in [0.3, 0.4) is 0 Å². The zero-order chi connectivity index (χ0) is 13.1. The van der Waals surface area contributed by atoms with Crippen LogP contribution in [-0.2, 0) is 12.7 Å². The summed E-state index contributed by atoms with van der Waals surface area (Å²) in [5.74, 6) is 0. The molecule has 0 heterocycles. The topological polar surface area (TPSA) is 38.0 Å². The van der Waals surface area contributed by atoms with Gasteiger partial charge >= 0.3 is 6.18 Å². The molecule has 0 bridgehead atoms. The van der Waals surface area contributed by atoms with Gasteiger partial charge in [0.1, 0.15) is 0 Å². The van der Waals surface area contributed by atoms with Crippen LogP contribution in [0.25, 0.3) is 0 Å². The van der Waals surface area contributed by atoms with Gasteiger partial charge in [0, 0.05) is 18.3 Å². The van der Waals surface area contributed by atoms with Gasteiger partial charge in [-0.1, -0.05) is 6.92 Å². The molecule has 0 aromatic heterocycles. The average molecular weight is 246 g/mol. The third kappa shape index (κ3) is 3.63. The summed E-state index contributed by atoms with van der Waals surface area (Å²) in [4.78, 5) is 0. The first-order valence-corrected chi connectivity index (χ1v) is 5.55. The number of nitrogens with two attached hydrogens (primary N) is 1. The maximum absolute atomic E-state index is 12.5. The van der Waals surface area contributed by atoms with Gasteiger partial charge in [0.15, 0.2) is 0 Å².